The summed E-state index contributed by atoms with van der Waals surface area (Å²) in [4.78, 5) is 11.6. The smallest absolute Gasteiger partial charge is 0.228 e. The average Bonchev–Trinajstić information content (AvgIpc) is 2.15. The Morgan fingerprint density at radius 2 is 1.81 bits per heavy atom. The number of carbonyl (C=O) groups excluding carboxylic acids is 1. The fourth-order valence-electron chi connectivity index (χ4n) is 0.936. The summed E-state index contributed by atoms with van der Waals surface area (Å²) < 4.78 is 0. The summed E-state index contributed by atoms with van der Waals surface area (Å²) in [5, 5.41) is 13.4. The van der Waals surface area contributed by atoms with Crippen LogP contribution in [0, 0.1) is 5.41 Å². The first-order chi connectivity index (χ1) is 7.11. The van der Waals surface area contributed by atoms with Gasteiger partial charge in [-0.3, -0.25) is 10.6 Å². The van der Waals surface area contributed by atoms with E-state index in [1.165, 1.54) is 0 Å². The molecular formula is C11H25N3O2. The lowest BCUT2D eigenvalue weighted by molar-refractivity contribution is -0.131. The summed E-state index contributed by atoms with van der Waals surface area (Å²) in [7, 11) is 0. The SMILES string of the molecule is CC(C)(CO)C(=O)NCCN(N)C(C)(C)C. The number of nitrogens with two attached hydrogens (primary N) is 1. The second kappa shape index (κ2) is 5.61. The van der Waals surface area contributed by atoms with Crippen LogP contribution in [-0.4, -0.2) is 41.3 Å². The first-order valence-corrected chi connectivity index (χ1v) is 5.53. The fraction of sp³-hybridized carbons (Fsp3) is 0.909. The molecule has 0 atom stereocenters. The molecule has 0 spiro atoms. The predicted molar refractivity (Wildman–Crippen MR) is 64.5 cm³/mol. The van der Waals surface area contributed by atoms with Crippen molar-refractivity contribution in [3.63, 3.8) is 0 Å². The zero-order valence-electron chi connectivity index (χ0n) is 11.0. The Kier molecular flexibility index (Phi) is 5.38. The van der Waals surface area contributed by atoms with E-state index in [9.17, 15) is 4.79 Å². The number of amides is 1. The summed E-state index contributed by atoms with van der Waals surface area (Å²) in [6, 6.07) is 0. The Morgan fingerprint density at radius 1 is 1.31 bits per heavy atom. The number of hydrazine groups is 1. The third-order valence-electron chi connectivity index (χ3n) is 2.51. The van der Waals surface area contributed by atoms with Gasteiger partial charge in [-0.2, -0.15) is 0 Å². The van der Waals surface area contributed by atoms with Crippen LogP contribution in [-0.2, 0) is 4.79 Å². The minimum Gasteiger partial charge on any atom is -0.395 e. The van der Waals surface area contributed by atoms with E-state index in [1.54, 1.807) is 18.9 Å². The highest BCUT2D eigenvalue weighted by atomic mass is 16.3. The predicted octanol–water partition coefficient (Wildman–Crippen LogP) is 0.0953. The molecule has 0 aromatic rings. The van der Waals surface area contributed by atoms with Gasteiger partial charge in [0.25, 0.3) is 0 Å². The molecule has 0 unspecified atom stereocenters. The average molecular weight is 231 g/mol. The van der Waals surface area contributed by atoms with E-state index in [-0.39, 0.29) is 18.1 Å². The molecule has 0 heterocycles. The first-order valence-electron chi connectivity index (χ1n) is 5.53. The van der Waals surface area contributed by atoms with Crippen LogP contribution in [0.25, 0.3) is 0 Å². The van der Waals surface area contributed by atoms with Gasteiger partial charge in [-0.1, -0.05) is 0 Å². The van der Waals surface area contributed by atoms with Crippen molar-refractivity contribution >= 4 is 5.91 Å². The Balaban J connectivity index is 3.97. The summed E-state index contributed by atoms with van der Waals surface area (Å²) in [6.07, 6.45) is 0. The number of nitrogens with zero attached hydrogens (tertiary/aromatic N) is 1. The number of carbonyl (C=O) groups is 1. The highest BCUT2D eigenvalue weighted by Gasteiger charge is 2.26. The molecule has 0 bridgehead atoms. The Labute approximate surface area is 98.0 Å². The molecule has 0 rings (SSSR count). The Hall–Kier alpha value is -0.650. The number of aliphatic hydroxyl groups excluding tert-OH is 1. The maximum Gasteiger partial charge on any atom is 0.228 e. The van der Waals surface area contributed by atoms with Crippen molar-refractivity contribution in [1.82, 2.24) is 10.3 Å². The normalized spacial score (nSPS) is 13.0. The summed E-state index contributed by atoms with van der Waals surface area (Å²) >= 11 is 0. The maximum absolute atomic E-state index is 11.6. The molecule has 0 radical (unpaired) electrons. The molecule has 0 aromatic heterocycles. The van der Waals surface area contributed by atoms with Gasteiger partial charge in [0.1, 0.15) is 0 Å². The number of nitrogens with one attached hydrogen (secondary N) is 1. The van der Waals surface area contributed by atoms with Crippen molar-refractivity contribution in [3.05, 3.63) is 0 Å². The van der Waals surface area contributed by atoms with E-state index >= 15 is 0 Å². The molecule has 0 aromatic carbocycles. The van der Waals surface area contributed by atoms with Gasteiger partial charge in [-0.05, 0) is 34.6 Å². The third-order valence-corrected chi connectivity index (χ3v) is 2.51. The lowest BCUT2D eigenvalue weighted by atomic mass is 9.94. The first kappa shape index (κ1) is 15.3. The molecule has 0 saturated carbocycles. The van der Waals surface area contributed by atoms with E-state index in [0.717, 1.165) is 0 Å². The number of hydrogen-bond acceptors (Lipinski definition) is 4. The van der Waals surface area contributed by atoms with Crippen LogP contribution in [0.4, 0.5) is 0 Å². The minimum absolute atomic E-state index is 0.114. The van der Waals surface area contributed by atoms with E-state index in [4.69, 9.17) is 10.9 Å². The molecule has 16 heavy (non-hydrogen) atoms. The van der Waals surface area contributed by atoms with Gasteiger partial charge in [-0.25, -0.2) is 5.01 Å². The van der Waals surface area contributed by atoms with Crippen molar-refractivity contribution in [2.24, 2.45) is 11.3 Å². The Bertz CT molecular complexity index is 234. The molecule has 1 amide bonds. The van der Waals surface area contributed by atoms with E-state index in [2.05, 4.69) is 5.32 Å². The molecule has 5 heteroatoms. The van der Waals surface area contributed by atoms with Crippen LogP contribution in [0.2, 0.25) is 0 Å². The number of hydrogen-bond donors (Lipinski definition) is 3. The van der Waals surface area contributed by atoms with Gasteiger partial charge in [0.05, 0.1) is 12.0 Å². The van der Waals surface area contributed by atoms with E-state index < -0.39 is 5.41 Å². The number of rotatable bonds is 5. The fourth-order valence-corrected chi connectivity index (χ4v) is 0.936. The molecule has 4 N–H and O–H groups in total. The van der Waals surface area contributed by atoms with Crippen molar-refractivity contribution in [2.45, 2.75) is 40.2 Å². The third kappa shape index (κ3) is 4.92. The highest BCUT2D eigenvalue weighted by Crippen LogP contribution is 2.13. The van der Waals surface area contributed by atoms with Gasteiger partial charge < -0.3 is 10.4 Å². The van der Waals surface area contributed by atoms with Crippen LogP contribution in [0.3, 0.4) is 0 Å². The second-order valence-corrected chi connectivity index (χ2v) is 5.66. The molecular weight excluding hydrogens is 206 g/mol. The standard InChI is InChI=1S/C11H25N3O2/c1-10(2,3)14(12)7-6-13-9(16)11(4,5)8-15/h15H,6-8,12H2,1-5H3,(H,13,16). The van der Waals surface area contributed by atoms with Gasteiger partial charge in [0, 0.05) is 18.6 Å². The van der Waals surface area contributed by atoms with E-state index in [1.807, 2.05) is 20.8 Å². The van der Waals surface area contributed by atoms with Crippen LogP contribution >= 0.6 is 0 Å². The molecule has 0 saturated heterocycles. The monoisotopic (exact) mass is 231 g/mol. The molecule has 0 fully saturated rings. The van der Waals surface area contributed by atoms with Crippen LogP contribution in [0.15, 0.2) is 0 Å². The van der Waals surface area contributed by atoms with E-state index in [0.29, 0.717) is 13.1 Å². The summed E-state index contributed by atoms with van der Waals surface area (Å²) in [6.45, 7) is 10.3. The molecule has 0 aliphatic carbocycles. The molecule has 0 aliphatic rings. The Morgan fingerprint density at radius 3 is 2.19 bits per heavy atom. The van der Waals surface area contributed by atoms with Crippen molar-refractivity contribution in [2.75, 3.05) is 19.7 Å². The highest BCUT2D eigenvalue weighted by molar-refractivity contribution is 5.81. The maximum atomic E-state index is 11.6. The van der Waals surface area contributed by atoms with Gasteiger partial charge >= 0.3 is 0 Å². The van der Waals surface area contributed by atoms with Crippen LogP contribution in [0.5, 0.6) is 0 Å². The largest absolute Gasteiger partial charge is 0.395 e. The summed E-state index contributed by atoms with van der Waals surface area (Å²) in [5.74, 6) is 5.66. The van der Waals surface area contributed by atoms with Gasteiger partial charge in [-0.15, -0.1) is 0 Å². The topological polar surface area (TPSA) is 78.6 Å². The second-order valence-electron chi connectivity index (χ2n) is 5.66. The zero-order chi connectivity index (χ0) is 13.0. The summed E-state index contributed by atoms with van der Waals surface area (Å²) in [5.41, 5.74) is -0.849. The minimum atomic E-state index is -0.735. The van der Waals surface area contributed by atoms with Crippen LogP contribution in [0.1, 0.15) is 34.6 Å². The lowest BCUT2D eigenvalue weighted by Gasteiger charge is -2.31. The van der Waals surface area contributed by atoms with Gasteiger partial charge in [0.15, 0.2) is 0 Å². The van der Waals surface area contributed by atoms with Gasteiger partial charge in [0.2, 0.25) is 5.91 Å². The number of aliphatic hydroxyl groups is 1. The lowest BCUT2D eigenvalue weighted by Crippen LogP contribution is -2.51. The molecule has 5 nitrogen and oxygen atoms in total. The van der Waals surface area contributed by atoms with Crippen molar-refractivity contribution in [3.8, 4) is 0 Å². The zero-order valence-corrected chi connectivity index (χ0v) is 11.0. The van der Waals surface area contributed by atoms with Crippen LogP contribution < -0.4 is 11.2 Å². The molecule has 0 aliphatic heterocycles. The van der Waals surface area contributed by atoms with Crippen molar-refractivity contribution in [1.29, 1.82) is 0 Å². The molecule has 96 valence electrons. The quantitative estimate of drug-likeness (QED) is 0.463. The van der Waals surface area contributed by atoms with Crippen molar-refractivity contribution < 1.29 is 9.90 Å².